The summed E-state index contributed by atoms with van der Waals surface area (Å²) in [5.74, 6) is 0.843. The molecule has 2 aromatic carbocycles. The molecular weight excluding hydrogens is 539 g/mol. The number of nitrogens with zero attached hydrogens (tertiary/aromatic N) is 2. The fourth-order valence-electron chi connectivity index (χ4n) is 3.60. The summed E-state index contributed by atoms with van der Waals surface area (Å²) in [5, 5.41) is 3.39. The summed E-state index contributed by atoms with van der Waals surface area (Å²) in [5.41, 5.74) is 4.24. The second kappa shape index (κ2) is 12.5. The number of hydrogen-bond donors (Lipinski definition) is 2. The van der Waals surface area contributed by atoms with Gasteiger partial charge in [-0.25, -0.2) is 18.1 Å². The Bertz CT molecular complexity index is 997. The van der Waals surface area contributed by atoms with Crippen LogP contribution >= 0.6 is 24.0 Å². The fraction of sp³-hybridized carbons (Fsp3) is 0.435. The number of ether oxygens (including phenoxy) is 1. The first kappa shape index (κ1) is 26.6. The number of halogens is 1. The summed E-state index contributed by atoms with van der Waals surface area (Å²) in [4.78, 5) is 7.07. The number of aliphatic imine (C=N–C) groups is 1. The molecule has 2 N–H and O–H groups in total. The van der Waals surface area contributed by atoms with Crippen LogP contribution in [0.1, 0.15) is 35.3 Å². The summed E-state index contributed by atoms with van der Waals surface area (Å²) >= 11 is 0. The molecule has 0 spiro atoms. The number of benzene rings is 2. The smallest absolute Gasteiger partial charge is 0.215 e. The van der Waals surface area contributed by atoms with Crippen molar-refractivity contribution in [1.29, 1.82) is 0 Å². The molecule has 176 valence electrons. The van der Waals surface area contributed by atoms with Gasteiger partial charge in [0.1, 0.15) is 6.10 Å². The van der Waals surface area contributed by atoms with Gasteiger partial charge in [-0.05, 0) is 43.1 Å². The Balaban J connectivity index is 0.00000363. The Morgan fingerprint density at radius 3 is 2.50 bits per heavy atom. The van der Waals surface area contributed by atoms with Gasteiger partial charge in [0.15, 0.2) is 5.96 Å². The second-order valence-corrected chi connectivity index (χ2v) is 9.54. The minimum absolute atomic E-state index is 0. The van der Waals surface area contributed by atoms with Gasteiger partial charge in [0.25, 0.3) is 0 Å². The first-order valence-electron chi connectivity index (χ1n) is 10.6. The molecule has 1 atom stereocenters. The van der Waals surface area contributed by atoms with Gasteiger partial charge in [-0.1, -0.05) is 48.5 Å². The van der Waals surface area contributed by atoms with Crippen molar-refractivity contribution in [3.63, 3.8) is 0 Å². The highest BCUT2D eigenvalue weighted by molar-refractivity contribution is 14.0. The summed E-state index contributed by atoms with van der Waals surface area (Å²) in [6.07, 6.45) is 0.0206. The van der Waals surface area contributed by atoms with Crippen LogP contribution in [0.5, 0.6) is 0 Å². The standard InChI is InChI=1S/C23H32N4O3S.HI/c1-4-25-23(26-15-19-9-11-20(12-10-19)17-31(28,29)24-3)27-13-14-30-22(16-27)21-8-6-5-7-18(21)2;/h5-12,22,24H,4,13-17H2,1-3H3,(H,25,26);1H. The molecule has 0 bridgehead atoms. The lowest BCUT2D eigenvalue weighted by atomic mass is 10.0. The molecular formula is C23H33IN4O3S. The molecule has 9 heteroatoms. The summed E-state index contributed by atoms with van der Waals surface area (Å²) in [6.45, 7) is 7.67. The molecule has 32 heavy (non-hydrogen) atoms. The number of nitrogens with one attached hydrogen (secondary N) is 2. The van der Waals surface area contributed by atoms with Crippen molar-refractivity contribution < 1.29 is 13.2 Å². The van der Waals surface area contributed by atoms with Gasteiger partial charge in [-0.15, -0.1) is 24.0 Å². The van der Waals surface area contributed by atoms with E-state index in [9.17, 15) is 8.42 Å². The van der Waals surface area contributed by atoms with Gasteiger partial charge in [0.05, 0.1) is 25.4 Å². The lowest BCUT2D eigenvalue weighted by Crippen LogP contribution is -2.48. The van der Waals surface area contributed by atoms with Crippen molar-refractivity contribution in [2.75, 3.05) is 33.3 Å². The minimum Gasteiger partial charge on any atom is -0.370 e. The largest absolute Gasteiger partial charge is 0.370 e. The number of sulfonamides is 1. The van der Waals surface area contributed by atoms with Crippen LogP contribution in [0.3, 0.4) is 0 Å². The van der Waals surface area contributed by atoms with Crippen molar-refractivity contribution in [2.45, 2.75) is 32.2 Å². The summed E-state index contributed by atoms with van der Waals surface area (Å²) in [6, 6.07) is 15.9. The average molecular weight is 573 g/mol. The number of aryl methyl sites for hydroxylation is 1. The highest BCUT2D eigenvalue weighted by Crippen LogP contribution is 2.25. The Morgan fingerprint density at radius 2 is 1.84 bits per heavy atom. The maximum atomic E-state index is 11.7. The van der Waals surface area contributed by atoms with Gasteiger partial charge in [0, 0.05) is 13.1 Å². The SMILES string of the molecule is CCNC(=NCc1ccc(CS(=O)(=O)NC)cc1)N1CCOC(c2ccccc2C)C1.I. The van der Waals surface area contributed by atoms with Crippen LogP contribution in [0.25, 0.3) is 0 Å². The first-order chi connectivity index (χ1) is 14.9. The number of hydrogen-bond acceptors (Lipinski definition) is 4. The molecule has 1 fully saturated rings. The van der Waals surface area contributed by atoms with Crippen molar-refractivity contribution in [3.05, 3.63) is 70.8 Å². The number of guanidine groups is 1. The topological polar surface area (TPSA) is 83.0 Å². The normalized spacial score (nSPS) is 17.0. The lowest BCUT2D eigenvalue weighted by molar-refractivity contribution is -0.00834. The highest BCUT2D eigenvalue weighted by Gasteiger charge is 2.25. The molecule has 1 saturated heterocycles. The Labute approximate surface area is 208 Å². The van der Waals surface area contributed by atoms with Crippen LogP contribution in [0, 0.1) is 6.92 Å². The van der Waals surface area contributed by atoms with Crippen LogP contribution < -0.4 is 10.0 Å². The van der Waals surface area contributed by atoms with E-state index in [4.69, 9.17) is 9.73 Å². The Hall–Kier alpha value is -1.69. The van der Waals surface area contributed by atoms with Gasteiger partial charge >= 0.3 is 0 Å². The molecule has 7 nitrogen and oxygen atoms in total. The second-order valence-electron chi connectivity index (χ2n) is 7.61. The monoisotopic (exact) mass is 572 g/mol. The predicted molar refractivity (Wildman–Crippen MR) is 140 cm³/mol. The fourth-order valence-corrected chi connectivity index (χ4v) is 4.38. The molecule has 0 aromatic heterocycles. The third-order valence-corrected chi connectivity index (χ3v) is 6.67. The van der Waals surface area contributed by atoms with E-state index in [0.29, 0.717) is 13.2 Å². The van der Waals surface area contributed by atoms with Crippen molar-refractivity contribution >= 4 is 40.0 Å². The van der Waals surface area contributed by atoms with E-state index in [2.05, 4.69) is 47.0 Å². The Morgan fingerprint density at radius 1 is 1.16 bits per heavy atom. The minimum atomic E-state index is -3.27. The van der Waals surface area contributed by atoms with Crippen molar-refractivity contribution in [1.82, 2.24) is 14.9 Å². The van der Waals surface area contributed by atoms with Crippen molar-refractivity contribution in [3.8, 4) is 0 Å². The van der Waals surface area contributed by atoms with E-state index < -0.39 is 10.0 Å². The van der Waals surface area contributed by atoms with Gasteiger partial charge in [0.2, 0.25) is 10.0 Å². The summed E-state index contributed by atoms with van der Waals surface area (Å²) in [7, 11) is -1.84. The van der Waals surface area contributed by atoms with Crippen molar-refractivity contribution in [2.24, 2.45) is 4.99 Å². The average Bonchev–Trinajstić information content (AvgIpc) is 2.78. The van der Waals surface area contributed by atoms with Gasteiger partial charge < -0.3 is 15.0 Å². The lowest BCUT2D eigenvalue weighted by Gasteiger charge is -2.35. The van der Waals surface area contributed by atoms with Gasteiger partial charge in [-0.2, -0.15) is 0 Å². The Kier molecular flexibility index (Phi) is 10.4. The van der Waals surface area contributed by atoms with Gasteiger partial charge in [-0.3, -0.25) is 0 Å². The van der Waals surface area contributed by atoms with E-state index in [1.807, 2.05) is 30.3 Å². The molecule has 3 rings (SSSR count). The van der Waals surface area contributed by atoms with E-state index in [1.165, 1.54) is 18.2 Å². The van der Waals surface area contributed by atoms with E-state index in [1.54, 1.807) is 0 Å². The van der Waals surface area contributed by atoms with Crippen LogP contribution in [0.2, 0.25) is 0 Å². The van der Waals surface area contributed by atoms with Crippen LogP contribution in [-0.2, 0) is 27.1 Å². The maximum absolute atomic E-state index is 11.7. The highest BCUT2D eigenvalue weighted by atomic mass is 127. The number of morpholine rings is 1. The third-order valence-electron chi connectivity index (χ3n) is 5.34. The molecule has 1 aliphatic heterocycles. The molecule has 1 unspecified atom stereocenters. The zero-order chi connectivity index (χ0) is 22.3. The first-order valence-corrected chi connectivity index (χ1v) is 12.3. The maximum Gasteiger partial charge on any atom is 0.215 e. The quantitative estimate of drug-likeness (QED) is 0.303. The molecule has 0 amide bonds. The van der Waals surface area contributed by atoms with E-state index >= 15 is 0 Å². The van der Waals surface area contributed by atoms with Crippen LogP contribution in [-0.4, -0.2) is 52.6 Å². The van der Waals surface area contributed by atoms with E-state index in [0.717, 1.165) is 36.7 Å². The molecule has 2 aromatic rings. The molecule has 0 radical (unpaired) electrons. The van der Waals surface area contributed by atoms with Crippen LogP contribution in [0.15, 0.2) is 53.5 Å². The van der Waals surface area contributed by atoms with E-state index in [-0.39, 0.29) is 35.8 Å². The zero-order valence-electron chi connectivity index (χ0n) is 18.9. The molecule has 0 aliphatic carbocycles. The van der Waals surface area contributed by atoms with Crippen LogP contribution in [0.4, 0.5) is 0 Å². The number of rotatable bonds is 7. The molecule has 0 saturated carbocycles. The zero-order valence-corrected chi connectivity index (χ0v) is 22.0. The molecule has 1 aliphatic rings. The predicted octanol–water partition coefficient (Wildman–Crippen LogP) is 3.20. The summed E-state index contributed by atoms with van der Waals surface area (Å²) < 4.78 is 31.8. The third kappa shape index (κ3) is 7.43. The molecule has 1 heterocycles.